The number of carboxylic acid groups (broad SMARTS) is 1. The molecule has 0 aliphatic rings. The van der Waals surface area contributed by atoms with E-state index in [2.05, 4.69) is 23.8 Å². The van der Waals surface area contributed by atoms with Crippen molar-refractivity contribution in [3.63, 3.8) is 0 Å². The molecule has 0 amide bonds. The Kier molecular flexibility index (Phi) is 17.5. The SMILES string of the molecule is CCCCCCCC/C=C/CCCCCCCC(=O)OC(=O)/C=C\C(=O)O. The average Bonchev–Trinajstić information content (AvgIpc) is 2.63. The number of carbonyl (C=O) groups excluding carboxylic acids is 2. The highest BCUT2D eigenvalue weighted by Crippen LogP contribution is 2.10. The van der Waals surface area contributed by atoms with Gasteiger partial charge in [-0.1, -0.05) is 70.4 Å². The molecule has 0 fully saturated rings. The van der Waals surface area contributed by atoms with Crippen LogP contribution >= 0.6 is 0 Å². The molecule has 0 aromatic heterocycles. The van der Waals surface area contributed by atoms with Gasteiger partial charge in [-0.15, -0.1) is 0 Å². The van der Waals surface area contributed by atoms with E-state index in [-0.39, 0.29) is 6.42 Å². The Hall–Kier alpha value is -1.91. The highest BCUT2D eigenvalue weighted by molar-refractivity contribution is 5.95. The number of rotatable bonds is 17. The number of carboxylic acids is 1. The van der Waals surface area contributed by atoms with Crippen LogP contribution in [0.5, 0.6) is 0 Å². The Morgan fingerprint density at radius 2 is 1.26 bits per heavy atom. The first-order valence-corrected chi connectivity index (χ1v) is 10.4. The van der Waals surface area contributed by atoms with Crippen molar-refractivity contribution in [2.75, 3.05) is 0 Å². The molecule has 0 atom stereocenters. The molecule has 1 N–H and O–H groups in total. The Bertz CT molecular complexity index is 465. The first-order valence-electron chi connectivity index (χ1n) is 10.4. The lowest BCUT2D eigenvalue weighted by molar-refractivity contribution is -0.156. The largest absolute Gasteiger partial charge is 0.478 e. The molecule has 0 saturated carbocycles. The third-order valence-corrected chi connectivity index (χ3v) is 4.22. The zero-order valence-corrected chi connectivity index (χ0v) is 16.8. The second kappa shape index (κ2) is 18.9. The van der Waals surface area contributed by atoms with E-state index in [0.29, 0.717) is 12.5 Å². The summed E-state index contributed by atoms with van der Waals surface area (Å²) >= 11 is 0. The predicted molar refractivity (Wildman–Crippen MR) is 107 cm³/mol. The number of hydrogen-bond donors (Lipinski definition) is 1. The summed E-state index contributed by atoms with van der Waals surface area (Å²) in [5, 5.41) is 8.36. The maximum Gasteiger partial charge on any atom is 0.338 e. The molecular weight excluding hydrogens is 344 g/mol. The third-order valence-electron chi connectivity index (χ3n) is 4.22. The van der Waals surface area contributed by atoms with Gasteiger partial charge in [0.1, 0.15) is 0 Å². The number of esters is 2. The Labute approximate surface area is 163 Å². The Morgan fingerprint density at radius 3 is 1.81 bits per heavy atom. The molecular formula is C22H36O5. The third kappa shape index (κ3) is 20.3. The van der Waals surface area contributed by atoms with Gasteiger partial charge < -0.3 is 9.84 Å². The molecule has 0 aromatic rings. The fraction of sp³-hybridized carbons (Fsp3) is 0.682. The van der Waals surface area contributed by atoms with E-state index in [9.17, 15) is 14.4 Å². The van der Waals surface area contributed by atoms with E-state index < -0.39 is 17.9 Å². The number of allylic oxidation sites excluding steroid dienone is 2. The van der Waals surface area contributed by atoms with Gasteiger partial charge in [-0.25, -0.2) is 9.59 Å². The summed E-state index contributed by atoms with van der Waals surface area (Å²) in [4.78, 5) is 32.8. The molecule has 27 heavy (non-hydrogen) atoms. The van der Waals surface area contributed by atoms with E-state index in [1.807, 2.05) is 0 Å². The molecule has 0 rings (SSSR count). The van der Waals surface area contributed by atoms with Crippen LogP contribution in [-0.4, -0.2) is 23.0 Å². The standard InChI is InChI=1S/C22H36O5/c1-2-3-4-5-6-7-8-9-10-11-12-13-14-15-16-17-21(25)27-22(26)19-18-20(23)24/h9-10,18-19H,2-8,11-17H2,1H3,(H,23,24)/b10-9+,19-18-. The maximum absolute atomic E-state index is 11.4. The lowest BCUT2D eigenvalue weighted by atomic mass is 10.1. The molecule has 0 aromatic carbocycles. The van der Waals surface area contributed by atoms with Crippen molar-refractivity contribution >= 4 is 17.9 Å². The van der Waals surface area contributed by atoms with Crippen LogP contribution < -0.4 is 0 Å². The summed E-state index contributed by atoms with van der Waals surface area (Å²) in [6.07, 6.45) is 21.5. The predicted octanol–water partition coefficient (Wildman–Crippen LogP) is 5.73. The van der Waals surface area contributed by atoms with Crippen molar-refractivity contribution in [3.8, 4) is 0 Å². The van der Waals surface area contributed by atoms with E-state index in [4.69, 9.17) is 5.11 Å². The summed E-state index contributed by atoms with van der Waals surface area (Å²) in [7, 11) is 0. The number of carbonyl (C=O) groups is 3. The molecule has 0 heterocycles. The molecule has 5 nitrogen and oxygen atoms in total. The molecule has 0 unspecified atom stereocenters. The molecule has 154 valence electrons. The van der Waals surface area contributed by atoms with Gasteiger partial charge in [0.05, 0.1) is 0 Å². The molecule has 0 bridgehead atoms. The molecule has 0 spiro atoms. The van der Waals surface area contributed by atoms with Crippen molar-refractivity contribution < 1.29 is 24.2 Å². The zero-order chi connectivity index (χ0) is 20.2. The van der Waals surface area contributed by atoms with Gasteiger partial charge >= 0.3 is 17.9 Å². The Balaban J connectivity index is 3.39. The van der Waals surface area contributed by atoms with Crippen molar-refractivity contribution in [1.82, 2.24) is 0 Å². The molecule has 0 radical (unpaired) electrons. The van der Waals surface area contributed by atoms with Gasteiger partial charge in [-0.2, -0.15) is 0 Å². The number of unbranched alkanes of at least 4 members (excludes halogenated alkanes) is 11. The van der Waals surface area contributed by atoms with E-state index in [0.717, 1.165) is 38.2 Å². The minimum absolute atomic E-state index is 0.185. The number of ether oxygens (including phenoxy) is 1. The topological polar surface area (TPSA) is 80.7 Å². The van der Waals surface area contributed by atoms with Crippen molar-refractivity contribution in [2.45, 2.75) is 96.8 Å². The summed E-state index contributed by atoms with van der Waals surface area (Å²) in [6.45, 7) is 2.24. The minimum Gasteiger partial charge on any atom is -0.478 e. The highest BCUT2D eigenvalue weighted by atomic mass is 16.6. The van der Waals surface area contributed by atoms with Crippen molar-refractivity contribution in [3.05, 3.63) is 24.3 Å². The van der Waals surface area contributed by atoms with Crippen LogP contribution in [-0.2, 0) is 19.1 Å². The van der Waals surface area contributed by atoms with E-state index >= 15 is 0 Å². The minimum atomic E-state index is -1.25. The van der Waals surface area contributed by atoms with Gasteiger partial charge in [0, 0.05) is 18.6 Å². The Morgan fingerprint density at radius 1 is 0.741 bits per heavy atom. The highest BCUT2D eigenvalue weighted by Gasteiger charge is 2.07. The van der Waals surface area contributed by atoms with Crippen LogP contribution in [0.2, 0.25) is 0 Å². The van der Waals surface area contributed by atoms with Crippen LogP contribution in [0, 0.1) is 0 Å². The maximum atomic E-state index is 11.4. The first kappa shape index (κ1) is 25.1. The summed E-state index contributed by atoms with van der Waals surface area (Å²) in [5.41, 5.74) is 0. The van der Waals surface area contributed by atoms with E-state index in [1.165, 1.54) is 44.9 Å². The summed E-state index contributed by atoms with van der Waals surface area (Å²) in [5.74, 6) is -2.79. The second-order valence-corrected chi connectivity index (χ2v) is 6.80. The molecule has 0 aliphatic carbocycles. The molecule has 5 heteroatoms. The van der Waals surface area contributed by atoms with Gasteiger partial charge in [-0.05, 0) is 32.1 Å². The van der Waals surface area contributed by atoms with Crippen LogP contribution in [0.25, 0.3) is 0 Å². The smallest absolute Gasteiger partial charge is 0.338 e. The van der Waals surface area contributed by atoms with Gasteiger partial charge in [0.15, 0.2) is 0 Å². The normalized spacial score (nSPS) is 11.3. The summed E-state index contributed by atoms with van der Waals surface area (Å²) < 4.78 is 4.48. The van der Waals surface area contributed by atoms with Crippen LogP contribution in [0.4, 0.5) is 0 Å². The average molecular weight is 381 g/mol. The first-order chi connectivity index (χ1) is 13.1. The zero-order valence-electron chi connectivity index (χ0n) is 16.8. The fourth-order valence-corrected chi connectivity index (χ4v) is 2.68. The van der Waals surface area contributed by atoms with Crippen LogP contribution in [0.15, 0.2) is 24.3 Å². The second-order valence-electron chi connectivity index (χ2n) is 6.80. The van der Waals surface area contributed by atoms with E-state index in [1.54, 1.807) is 0 Å². The van der Waals surface area contributed by atoms with Crippen LogP contribution in [0.3, 0.4) is 0 Å². The lowest BCUT2D eigenvalue weighted by Crippen LogP contribution is -2.10. The number of hydrogen-bond acceptors (Lipinski definition) is 4. The fourth-order valence-electron chi connectivity index (χ4n) is 2.68. The van der Waals surface area contributed by atoms with Gasteiger partial charge in [0.25, 0.3) is 0 Å². The summed E-state index contributed by atoms with van der Waals surface area (Å²) in [6, 6.07) is 0. The van der Waals surface area contributed by atoms with Crippen LogP contribution in [0.1, 0.15) is 96.8 Å². The molecule has 0 saturated heterocycles. The quantitative estimate of drug-likeness (QED) is 0.114. The van der Waals surface area contributed by atoms with Gasteiger partial charge in [-0.3, -0.25) is 4.79 Å². The van der Waals surface area contributed by atoms with Crippen molar-refractivity contribution in [2.24, 2.45) is 0 Å². The molecule has 0 aliphatic heterocycles. The lowest BCUT2D eigenvalue weighted by Gasteiger charge is -2.01. The van der Waals surface area contributed by atoms with Crippen molar-refractivity contribution in [1.29, 1.82) is 0 Å². The number of aliphatic carboxylic acids is 1. The van der Waals surface area contributed by atoms with Gasteiger partial charge in [0.2, 0.25) is 0 Å². The monoisotopic (exact) mass is 380 g/mol.